The molecule has 6 nitrogen and oxygen atoms in total. The van der Waals surface area contributed by atoms with Crippen LogP contribution in [0.2, 0.25) is 5.02 Å². The molecular formula is C29H35ClF3N3O3. The van der Waals surface area contributed by atoms with Crippen LogP contribution < -0.4 is 10.2 Å². The Labute approximate surface area is 232 Å². The second-order valence-electron chi connectivity index (χ2n) is 11.1. The number of rotatable bonds is 8. The zero-order valence-electron chi connectivity index (χ0n) is 22.4. The summed E-state index contributed by atoms with van der Waals surface area (Å²) in [6.45, 7) is 5.52. The van der Waals surface area contributed by atoms with Crippen molar-refractivity contribution < 1.29 is 27.9 Å². The van der Waals surface area contributed by atoms with Crippen molar-refractivity contribution in [2.45, 2.75) is 57.3 Å². The monoisotopic (exact) mass is 565 g/mol. The molecule has 39 heavy (non-hydrogen) atoms. The van der Waals surface area contributed by atoms with Gasteiger partial charge in [0.2, 0.25) is 0 Å². The maximum atomic E-state index is 13.9. The minimum atomic E-state index is -5.15. The Bertz CT molecular complexity index is 1200. The van der Waals surface area contributed by atoms with Gasteiger partial charge in [-0.25, -0.2) is 0 Å². The molecule has 2 amide bonds. The molecule has 2 fully saturated rings. The van der Waals surface area contributed by atoms with Crippen LogP contribution in [0, 0.1) is 11.3 Å². The molecule has 1 aliphatic heterocycles. The molecule has 2 atom stereocenters. The molecule has 0 bridgehead atoms. The third-order valence-corrected chi connectivity index (χ3v) is 8.48. The van der Waals surface area contributed by atoms with Gasteiger partial charge >= 0.3 is 6.18 Å². The number of hydrogen-bond donors (Lipinski definition) is 2. The number of anilines is 1. The molecule has 2 aliphatic rings. The average molecular weight is 566 g/mol. The SMILES string of the molecule is CC(C)NC(=O)c1ccc(N2CCC3(CC2)C[C@H]3CCN(C)C(=O)[C@](O)(c2ccccc2)C(F)(F)F)cc1Cl. The van der Waals surface area contributed by atoms with Gasteiger partial charge in [0.05, 0.1) is 10.6 Å². The number of piperidine rings is 1. The van der Waals surface area contributed by atoms with Crippen LogP contribution in [0.15, 0.2) is 48.5 Å². The third kappa shape index (κ3) is 5.89. The van der Waals surface area contributed by atoms with Gasteiger partial charge in [-0.2, -0.15) is 13.2 Å². The Hall–Kier alpha value is -2.78. The van der Waals surface area contributed by atoms with Crippen LogP contribution in [-0.2, 0) is 10.4 Å². The lowest BCUT2D eigenvalue weighted by Gasteiger charge is -2.35. The summed E-state index contributed by atoms with van der Waals surface area (Å²) in [7, 11) is 1.31. The van der Waals surface area contributed by atoms with Gasteiger partial charge in [0.1, 0.15) is 0 Å². The molecule has 0 radical (unpaired) electrons. The fourth-order valence-electron chi connectivity index (χ4n) is 5.70. The summed E-state index contributed by atoms with van der Waals surface area (Å²) in [4.78, 5) is 28.4. The number of halogens is 4. The maximum absolute atomic E-state index is 13.9. The molecule has 0 aromatic heterocycles. The Morgan fingerprint density at radius 3 is 2.36 bits per heavy atom. The molecule has 1 heterocycles. The van der Waals surface area contributed by atoms with Crippen molar-refractivity contribution in [3.8, 4) is 0 Å². The first kappa shape index (κ1) is 29.2. The smallest absolute Gasteiger partial charge is 0.371 e. The number of nitrogens with one attached hydrogen (secondary N) is 1. The molecule has 2 aromatic rings. The quantitative estimate of drug-likeness (QED) is 0.451. The summed E-state index contributed by atoms with van der Waals surface area (Å²) in [5.41, 5.74) is -2.56. The Morgan fingerprint density at radius 2 is 1.79 bits per heavy atom. The van der Waals surface area contributed by atoms with Gasteiger partial charge in [-0.1, -0.05) is 41.9 Å². The molecule has 2 N–H and O–H groups in total. The molecule has 10 heteroatoms. The van der Waals surface area contributed by atoms with Crippen LogP contribution in [0.25, 0.3) is 0 Å². The van der Waals surface area contributed by atoms with Crippen molar-refractivity contribution >= 4 is 29.1 Å². The summed E-state index contributed by atoms with van der Waals surface area (Å²) in [6.07, 6.45) is -1.73. The standard InChI is InChI=1S/C29H35ClF3N3O3/c1-19(2)34-25(37)23-10-9-22(17-24(23)30)36-15-12-27(13-16-36)18-21(27)11-14-35(3)26(38)28(39,29(31,32)33)20-7-5-4-6-8-20/h4-10,17,19,21,39H,11-16,18H2,1-3H3,(H,34,37)/t21-,28-/m1/s1. The van der Waals surface area contributed by atoms with Gasteiger partial charge in [-0.3, -0.25) is 9.59 Å². The second kappa shape index (κ2) is 11.0. The molecule has 212 valence electrons. The van der Waals surface area contributed by atoms with Crippen molar-refractivity contribution in [1.29, 1.82) is 0 Å². The van der Waals surface area contributed by atoms with Crippen molar-refractivity contribution in [1.82, 2.24) is 10.2 Å². The first-order chi connectivity index (χ1) is 18.3. The molecule has 1 saturated heterocycles. The predicted octanol–water partition coefficient (Wildman–Crippen LogP) is 5.38. The highest BCUT2D eigenvalue weighted by Gasteiger charge is 2.62. The average Bonchev–Trinajstić information content (AvgIpc) is 3.57. The van der Waals surface area contributed by atoms with Crippen LogP contribution in [0.5, 0.6) is 0 Å². The van der Waals surface area contributed by atoms with Crippen molar-refractivity contribution in [2.24, 2.45) is 11.3 Å². The summed E-state index contributed by atoms with van der Waals surface area (Å²) in [5, 5.41) is 13.8. The maximum Gasteiger partial charge on any atom is 0.430 e. The largest absolute Gasteiger partial charge is 0.430 e. The number of likely N-dealkylation sites (N-methyl/N-ethyl adjacent to an activating group) is 1. The Balaban J connectivity index is 1.32. The van der Waals surface area contributed by atoms with E-state index in [9.17, 15) is 27.9 Å². The topological polar surface area (TPSA) is 72.9 Å². The lowest BCUT2D eigenvalue weighted by molar-refractivity contribution is -0.261. The van der Waals surface area contributed by atoms with E-state index in [1.807, 2.05) is 26.0 Å². The van der Waals surface area contributed by atoms with Gasteiger partial charge in [0.25, 0.3) is 17.4 Å². The number of carbonyl (C=O) groups is 2. The third-order valence-electron chi connectivity index (χ3n) is 8.17. The highest BCUT2D eigenvalue weighted by Crippen LogP contribution is 2.61. The van der Waals surface area contributed by atoms with E-state index in [1.165, 1.54) is 25.2 Å². The van der Waals surface area contributed by atoms with E-state index in [0.717, 1.165) is 55.1 Å². The predicted molar refractivity (Wildman–Crippen MR) is 145 cm³/mol. The first-order valence-corrected chi connectivity index (χ1v) is 13.6. The fraction of sp³-hybridized carbons (Fsp3) is 0.517. The molecule has 4 rings (SSSR count). The van der Waals surface area contributed by atoms with E-state index < -0.39 is 23.2 Å². The Kier molecular flexibility index (Phi) is 8.24. The van der Waals surface area contributed by atoms with Gasteiger partial charge in [-0.15, -0.1) is 0 Å². The first-order valence-electron chi connectivity index (χ1n) is 13.2. The fourth-order valence-corrected chi connectivity index (χ4v) is 5.96. The van der Waals surface area contributed by atoms with Crippen molar-refractivity contribution in [3.05, 3.63) is 64.7 Å². The second-order valence-corrected chi connectivity index (χ2v) is 11.5. The van der Waals surface area contributed by atoms with E-state index in [0.29, 0.717) is 22.9 Å². The Morgan fingerprint density at radius 1 is 1.15 bits per heavy atom. The van der Waals surface area contributed by atoms with Crippen LogP contribution in [0.3, 0.4) is 0 Å². The van der Waals surface area contributed by atoms with E-state index in [-0.39, 0.29) is 23.9 Å². The van der Waals surface area contributed by atoms with E-state index in [2.05, 4.69) is 10.2 Å². The number of amides is 2. The summed E-state index contributed by atoms with van der Waals surface area (Å²) in [5.74, 6) is -1.26. The number of carbonyl (C=O) groups excluding carboxylic acids is 2. The van der Waals surface area contributed by atoms with Crippen molar-refractivity contribution in [2.75, 3.05) is 31.6 Å². The minimum absolute atomic E-state index is 0.00982. The zero-order valence-corrected chi connectivity index (χ0v) is 23.1. The molecule has 1 saturated carbocycles. The number of hydrogen-bond acceptors (Lipinski definition) is 4. The van der Waals surface area contributed by atoms with Gasteiger partial charge in [0, 0.05) is 44.0 Å². The number of alkyl halides is 3. The van der Waals surface area contributed by atoms with Crippen molar-refractivity contribution in [3.63, 3.8) is 0 Å². The molecule has 2 aromatic carbocycles. The molecular weight excluding hydrogens is 531 g/mol. The van der Waals surface area contributed by atoms with E-state index >= 15 is 0 Å². The lowest BCUT2D eigenvalue weighted by atomic mass is 9.89. The van der Waals surface area contributed by atoms with Gasteiger partial charge in [-0.05, 0) is 69.1 Å². The molecule has 0 unspecified atom stereocenters. The highest BCUT2D eigenvalue weighted by atomic mass is 35.5. The summed E-state index contributed by atoms with van der Waals surface area (Å²) in [6, 6.07) is 12.0. The molecule has 1 aliphatic carbocycles. The number of aliphatic hydroxyl groups is 1. The van der Waals surface area contributed by atoms with Crippen LogP contribution >= 0.6 is 11.6 Å². The van der Waals surface area contributed by atoms with E-state index in [1.54, 1.807) is 6.07 Å². The number of benzene rings is 2. The van der Waals surface area contributed by atoms with Crippen LogP contribution in [0.4, 0.5) is 18.9 Å². The minimum Gasteiger partial charge on any atom is -0.371 e. The van der Waals surface area contributed by atoms with Crippen LogP contribution in [0.1, 0.15) is 55.5 Å². The zero-order chi connectivity index (χ0) is 28.6. The number of nitrogens with zero attached hydrogens (tertiary/aromatic N) is 2. The lowest BCUT2D eigenvalue weighted by Crippen LogP contribution is -2.55. The van der Waals surface area contributed by atoms with E-state index in [4.69, 9.17) is 11.6 Å². The summed E-state index contributed by atoms with van der Waals surface area (Å²) >= 11 is 6.41. The van der Waals surface area contributed by atoms with Crippen LogP contribution in [-0.4, -0.2) is 60.7 Å². The van der Waals surface area contributed by atoms with Gasteiger partial charge < -0.3 is 20.2 Å². The van der Waals surface area contributed by atoms with Gasteiger partial charge in [0.15, 0.2) is 0 Å². The summed E-state index contributed by atoms with van der Waals surface area (Å²) < 4.78 is 41.6. The molecule has 1 spiro atoms. The normalized spacial score (nSPS) is 20.0. The highest BCUT2D eigenvalue weighted by molar-refractivity contribution is 6.34.